The summed E-state index contributed by atoms with van der Waals surface area (Å²) < 4.78 is 0. The van der Waals surface area contributed by atoms with Gasteiger partial charge in [0.05, 0.1) is 0 Å². The van der Waals surface area contributed by atoms with E-state index in [9.17, 15) is 0 Å². The third-order valence-corrected chi connectivity index (χ3v) is 1.69. The van der Waals surface area contributed by atoms with Crippen molar-refractivity contribution in [3.63, 3.8) is 0 Å². The van der Waals surface area contributed by atoms with Crippen LogP contribution in [0.4, 0.5) is 0 Å². The van der Waals surface area contributed by atoms with E-state index < -0.39 is 0 Å². The van der Waals surface area contributed by atoms with Crippen molar-refractivity contribution in [1.29, 1.82) is 0 Å². The van der Waals surface area contributed by atoms with Gasteiger partial charge in [0.1, 0.15) is 6.67 Å². The standard InChI is InChI=1S/C7H14N2/c1-3-8-5-6-9(4-2)7-8/h3-6H2,1-2H3. The molecule has 0 saturated carbocycles. The van der Waals surface area contributed by atoms with Gasteiger partial charge in [0, 0.05) is 13.1 Å². The lowest BCUT2D eigenvalue weighted by Gasteiger charge is -2.11. The van der Waals surface area contributed by atoms with E-state index >= 15 is 0 Å². The second kappa shape index (κ2) is 3.18. The molecule has 2 nitrogen and oxygen atoms in total. The molecule has 2 heteroatoms. The van der Waals surface area contributed by atoms with Crippen LogP contribution in [-0.2, 0) is 0 Å². The summed E-state index contributed by atoms with van der Waals surface area (Å²) in [6.45, 7) is 12.1. The molecule has 9 heavy (non-hydrogen) atoms. The Hall–Kier alpha value is -0.0800. The number of hydrogen-bond donors (Lipinski definition) is 0. The minimum absolute atomic E-state index is 1.09. The fourth-order valence-corrected chi connectivity index (χ4v) is 0.999. The highest BCUT2D eigenvalue weighted by molar-refractivity contribution is 4.77. The molecule has 0 spiro atoms. The first-order valence-electron chi connectivity index (χ1n) is 3.63. The molecule has 0 amide bonds. The summed E-state index contributed by atoms with van der Waals surface area (Å²) in [4.78, 5) is 4.42. The third kappa shape index (κ3) is 1.66. The Kier molecular flexibility index (Phi) is 2.49. The Labute approximate surface area is 57.4 Å². The SMILES string of the molecule is CCN1[C]N(CC)CC1. The molecule has 0 unspecified atom stereocenters. The van der Waals surface area contributed by atoms with Gasteiger partial charge in [0.25, 0.3) is 0 Å². The minimum Gasteiger partial charge on any atom is -0.279 e. The first-order chi connectivity index (χ1) is 4.36. The Morgan fingerprint density at radius 2 is 1.56 bits per heavy atom. The molecule has 0 N–H and O–H groups in total. The highest BCUT2D eigenvalue weighted by Gasteiger charge is 2.17. The molecule has 2 radical (unpaired) electrons. The van der Waals surface area contributed by atoms with E-state index in [1.165, 1.54) is 0 Å². The molecule has 0 aromatic rings. The van der Waals surface area contributed by atoms with Crippen molar-refractivity contribution in [1.82, 2.24) is 9.80 Å². The van der Waals surface area contributed by atoms with Gasteiger partial charge in [-0.05, 0) is 13.1 Å². The number of hydrogen-bond acceptors (Lipinski definition) is 2. The predicted molar refractivity (Wildman–Crippen MR) is 37.7 cm³/mol. The molecular formula is C7H14N2. The Balaban J connectivity index is 2.20. The van der Waals surface area contributed by atoms with Crippen molar-refractivity contribution in [3.8, 4) is 0 Å². The summed E-state index contributed by atoms with van der Waals surface area (Å²) in [6.07, 6.45) is 0. The van der Waals surface area contributed by atoms with E-state index in [1.54, 1.807) is 0 Å². The quantitative estimate of drug-likeness (QED) is 0.535. The summed E-state index contributed by atoms with van der Waals surface area (Å²) in [5, 5.41) is 0. The maximum Gasteiger partial charge on any atom is 0.146 e. The van der Waals surface area contributed by atoms with Gasteiger partial charge in [-0.25, -0.2) is 0 Å². The normalized spacial score (nSPS) is 23.3. The van der Waals surface area contributed by atoms with Gasteiger partial charge in [-0.15, -0.1) is 0 Å². The van der Waals surface area contributed by atoms with Gasteiger partial charge in [-0.1, -0.05) is 13.8 Å². The second-order valence-electron chi connectivity index (χ2n) is 2.26. The van der Waals surface area contributed by atoms with Crippen LogP contribution in [0.1, 0.15) is 13.8 Å². The third-order valence-electron chi connectivity index (χ3n) is 1.69. The molecule has 1 aliphatic rings. The maximum absolute atomic E-state index is 3.26. The summed E-state index contributed by atoms with van der Waals surface area (Å²) in [6, 6.07) is 0. The molecule has 0 aliphatic carbocycles. The van der Waals surface area contributed by atoms with E-state index in [0.29, 0.717) is 0 Å². The van der Waals surface area contributed by atoms with Crippen molar-refractivity contribution < 1.29 is 0 Å². The van der Waals surface area contributed by atoms with Crippen LogP contribution >= 0.6 is 0 Å². The molecule has 1 saturated heterocycles. The van der Waals surface area contributed by atoms with Crippen molar-refractivity contribution >= 4 is 0 Å². The fourth-order valence-electron chi connectivity index (χ4n) is 0.999. The van der Waals surface area contributed by atoms with Crippen LogP contribution in [0.5, 0.6) is 0 Å². The van der Waals surface area contributed by atoms with Crippen LogP contribution in [0.2, 0.25) is 0 Å². The fraction of sp³-hybridized carbons (Fsp3) is 0.857. The largest absolute Gasteiger partial charge is 0.279 e. The van der Waals surface area contributed by atoms with Gasteiger partial charge in [0.15, 0.2) is 0 Å². The highest BCUT2D eigenvalue weighted by Crippen LogP contribution is 2.06. The predicted octanol–water partition coefficient (Wildman–Crippen LogP) is 0.640. The molecule has 1 aliphatic heterocycles. The molecule has 52 valence electrons. The van der Waals surface area contributed by atoms with Gasteiger partial charge in [0.2, 0.25) is 0 Å². The van der Waals surface area contributed by atoms with E-state index in [2.05, 4.69) is 30.3 Å². The van der Waals surface area contributed by atoms with Crippen molar-refractivity contribution in [2.45, 2.75) is 13.8 Å². The minimum atomic E-state index is 1.09. The topological polar surface area (TPSA) is 6.48 Å². The van der Waals surface area contributed by atoms with Crippen molar-refractivity contribution in [3.05, 3.63) is 6.67 Å². The van der Waals surface area contributed by atoms with E-state index in [4.69, 9.17) is 0 Å². The molecular weight excluding hydrogens is 112 g/mol. The van der Waals surface area contributed by atoms with E-state index in [1.807, 2.05) is 0 Å². The van der Waals surface area contributed by atoms with Crippen LogP contribution in [0.15, 0.2) is 0 Å². The zero-order valence-electron chi connectivity index (χ0n) is 6.22. The molecule has 1 rings (SSSR count). The van der Waals surface area contributed by atoms with Gasteiger partial charge in [-0.2, -0.15) is 0 Å². The first kappa shape index (κ1) is 7.03. The number of rotatable bonds is 2. The zero-order chi connectivity index (χ0) is 6.69. The monoisotopic (exact) mass is 126 g/mol. The zero-order valence-corrected chi connectivity index (χ0v) is 6.22. The molecule has 0 aromatic heterocycles. The Bertz CT molecular complexity index is 73.0. The molecule has 0 bridgehead atoms. The first-order valence-corrected chi connectivity index (χ1v) is 3.63. The van der Waals surface area contributed by atoms with Crippen LogP contribution in [0.3, 0.4) is 0 Å². The van der Waals surface area contributed by atoms with Gasteiger partial charge >= 0.3 is 0 Å². The molecule has 0 aromatic carbocycles. The number of likely N-dealkylation sites (N-methyl/N-ethyl adjacent to an activating group) is 2. The summed E-state index contributed by atoms with van der Waals surface area (Å²) in [7, 11) is 0. The maximum atomic E-state index is 3.26. The van der Waals surface area contributed by atoms with Crippen molar-refractivity contribution in [2.75, 3.05) is 26.2 Å². The van der Waals surface area contributed by atoms with Crippen LogP contribution in [0, 0.1) is 6.67 Å². The Morgan fingerprint density at radius 3 is 1.78 bits per heavy atom. The van der Waals surface area contributed by atoms with Gasteiger partial charge in [-0.3, -0.25) is 9.80 Å². The summed E-state index contributed by atoms with van der Waals surface area (Å²) in [5.41, 5.74) is 0. The van der Waals surface area contributed by atoms with Crippen LogP contribution in [0.25, 0.3) is 0 Å². The molecule has 1 fully saturated rings. The lowest BCUT2D eigenvalue weighted by Crippen LogP contribution is -2.18. The van der Waals surface area contributed by atoms with Crippen LogP contribution < -0.4 is 0 Å². The Morgan fingerprint density at radius 1 is 1.11 bits per heavy atom. The van der Waals surface area contributed by atoms with Gasteiger partial charge < -0.3 is 0 Å². The smallest absolute Gasteiger partial charge is 0.146 e. The molecule has 0 atom stereocenters. The average molecular weight is 126 g/mol. The average Bonchev–Trinajstić information content (AvgIpc) is 2.34. The lowest BCUT2D eigenvalue weighted by atomic mass is 10.6. The lowest BCUT2D eigenvalue weighted by molar-refractivity contribution is 0.344. The second-order valence-corrected chi connectivity index (χ2v) is 2.26. The van der Waals surface area contributed by atoms with Crippen LogP contribution in [-0.4, -0.2) is 36.0 Å². The van der Waals surface area contributed by atoms with E-state index in [0.717, 1.165) is 26.2 Å². The molecule has 1 heterocycles. The number of nitrogens with zero attached hydrogens (tertiary/aromatic N) is 2. The summed E-state index contributed by atoms with van der Waals surface area (Å²) >= 11 is 0. The summed E-state index contributed by atoms with van der Waals surface area (Å²) in [5.74, 6) is 0. The van der Waals surface area contributed by atoms with E-state index in [-0.39, 0.29) is 0 Å². The highest BCUT2D eigenvalue weighted by atomic mass is 15.4. The van der Waals surface area contributed by atoms with Crippen molar-refractivity contribution in [2.24, 2.45) is 0 Å².